The Hall–Kier alpha value is -1.51. The van der Waals surface area contributed by atoms with Crippen LogP contribution in [0.4, 0.5) is 0 Å². The lowest BCUT2D eigenvalue weighted by molar-refractivity contribution is -0.145. The number of likely N-dealkylation sites (tertiary alicyclic amines) is 1. The van der Waals surface area contributed by atoms with Crippen LogP contribution >= 0.6 is 0 Å². The van der Waals surface area contributed by atoms with Gasteiger partial charge in [-0.3, -0.25) is 4.79 Å². The van der Waals surface area contributed by atoms with E-state index in [1.165, 1.54) is 12.0 Å². The molecular formula is C19H27NO2. The zero-order chi connectivity index (χ0) is 15.7. The molecule has 0 unspecified atom stereocenters. The summed E-state index contributed by atoms with van der Waals surface area (Å²) in [5.41, 5.74) is 1.31. The highest BCUT2D eigenvalue weighted by Gasteiger charge is 2.51. The van der Waals surface area contributed by atoms with Crippen molar-refractivity contribution in [1.29, 1.82) is 0 Å². The summed E-state index contributed by atoms with van der Waals surface area (Å²) in [7, 11) is 1.71. The minimum Gasteiger partial charge on any atom is -0.497 e. The third-order valence-electron chi connectivity index (χ3n) is 5.79. The van der Waals surface area contributed by atoms with Gasteiger partial charge in [0.25, 0.3) is 0 Å². The molecule has 3 nitrogen and oxygen atoms in total. The SMILES string of the molecule is CCN1CC[C@]2(c3cccc(OC)c3)C[C@@H](C)CC[C@H]2C1=O. The summed E-state index contributed by atoms with van der Waals surface area (Å²) in [4.78, 5) is 15.0. The number of methoxy groups -OCH3 is 1. The number of piperidine rings is 1. The van der Waals surface area contributed by atoms with Gasteiger partial charge in [0.15, 0.2) is 0 Å². The summed E-state index contributed by atoms with van der Waals surface area (Å²) in [6.45, 7) is 6.13. The van der Waals surface area contributed by atoms with Crippen LogP contribution in [0.1, 0.15) is 45.1 Å². The van der Waals surface area contributed by atoms with E-state index in [9.17, 15) is 4.79 Å². The summed E-state index contributed by atoms with van der Waals surface area (Å²) in [6, 6.07) is 8.41. The predicted octanol–water partition coefficient (Wildman–Crippen LogP) is 3.62. The molecule has 1 amide bonds. The first-order valence-corrected chi connectivity index (χ1v) is 8.54. The zero-order valence-corrected chi connectivity index (χ0v) is 14.0. The maximum atomic E-state index is 12.9. The highest BCUT2D eigenvalue weighted by molar-refractivity contribution is 5.82. The minimum absolute atomic E-state index is 0.00889. The van der Waals surface area contributed by atoms with Crippen LogP contribution in [0.25, 0.3) is 0 Å². The van der Waals surface area contributed by atoms with Crippen molar-refractivity contribution in [3.63, 3.8) is 0 Å². The lowest BCUT2D eigenvalue weighted by Gasteiger charge is -2.51. The molecule has 3 rings (SSSR count). The second kappa shape index (κ2) is 5.94. The second-order valence-electron chi connectivity index (χ2n) is 7.00. The van der Waals surface area contributed by atoms with Gasteiger partial charge in [0, 0.05) is 24.4 Å². The number of amides is 1. The third kappa shape index (κ3) is 2.41. The molecule has 1 aromatic rings. The first-order chi connectivity index (χ1) is 10.6. The van der Waals surface area contributed by atoms with E-state index in [0.717, 1.165) is 38.1 Å². The number of rotatable bonds is 3. The Morgan fingerprint density at radius 3 is 2.91 bits per heavy atom. The molecule has 2 fully saturated rings. The molecule has 0 N–H and O–H groups in total. The van der Waals surface area contributed by atoms with E-state index in [-0.39, 0.29) is 11.3 Å². The number of carbonyl (C=O) groups is 1. The van der Waals surface area contributed by atoms with Crippen molar-refractivity contribution >= 4 is 5.91 Å². The Morgan fingerprint density at radius 2 is 2.18 bits per heavy atom. The van der Waals surface area contributed by atoms with Gasteiger partial charge in [-0.05, 0) is 56.2 Å². The molecule has 0 radical (unpaired) electrons. The fourth-order valence-corrected chi connectivity index (χ4v) is 4.60. The number of hydrogen-bond donors (Lipinski definition) is 0. The van der Waals surface area contributed by atoms with E-state index >= 15 is 0 Å². The smallest absolute Gasteiger partial charge is 0.226 e. The minimum atomic E-state index is 0.00889. The Kier molecular flexibility index (Phi) is 4.16. The van der Waals surface area contributed by atoms with Crippen molar-refractivity contribution < 1.29 is 9.53 Å². The van der Waals surface area contributed by atoms with Crippen molar-refractivity contribution in [3.8, 4) is 5.75 Å². The van der Waals surface area contributed by atoms with Gasteiger partial charge in [0.2, 0.25) is 5.91 Å². The molecule has 1 saturated heterocycles. The molecule has 0 bridgehead atoms. The van der Waals surface area contributed by atoms with Crippen LogP contribution in [0.5, 0.6) is 5.75 Å². The third-order valence-corrected chi connectivity index (χ3v) is 5.79. The van der Waals surface area contributed by atoms with Gasteiger partial charge >= 0.3 is 0 Å². The molecule has 0 spiro atoms. The lowest BCUT2D eigenvalue weighted by Crippen LogP contribution is -2.55. The van der Waals surface area contributed by atoms with Gasteiger partial charge < -0.3 is 9.64 Å². The van der Waals surface area contributed by atoms with Crippen LogP contribution in [0.2, 0.25) is 0 Å². The van der Waals surface area contributed by atoms with Crippen molar-refractivity contribution in [1.82, 2.24) is 4.90 Å². The van der Waals surface area contributed by atoms with E-state index in [1.807, 2.05) is 11.0 Å². The van der Waals surface area contributed by atoms with E-state index in [0.29, 0.717) is 11.8 Å². The van der Waals surface area contributed by atoms with Crippen molar-refractivity contribution in [3.05, 3.63) is 29.8 Å². The Balaban J connectivity index is 2.03. The highest BCUT2D eigenvalue weighted by Crippen LogP contribution is 2.51. The molecule has 1 aliphatic heterocycles. The van der Waals surface area contributed by atoms with Gasteiger partial charge in [-0.15, -0.1) is 0 Å². The normalized spacial score (nSPS) is 31.8. The average Bonchev–Trinajstić information content (AvgIpc) is 2.55. The second-order valence-corrected chi connectivity index (χ2v) is 7.00. The molecular weight excluding hydrogens is 274 g/mol. The zero-order valence-electron chi connectivity index (χ0n) is 14.0. The monoisotopic (exact) mass is 301 g/mol. The molecule has 3 heteroatoms. The fraction of sp³-hybridized carbons (Fsp3) is 0.632. The standard InChI is InChI=1S/C19H27NO2/c1-4-20-11-10-19(15-6-5-7-16(12-15)22-3)13-14(2)8-9-17(19)18(20)21/h5-7,12,14,17H,4,8-11,13H2,1-3H3/t14-,17-,19+/m0/s1. The van der Waals surface area contributed by atoms with Gasteiger partial charge in [-0.1, -0.05) is 19.1 Å². The van der Waals surface area contributed by atoms with Crippen LogP contribution in [0.15, 0.2) is 24.3 Å². The summed E-state index contributed by atoms with van der Waals surface area (Å²) in [5, 5.41) is 0. The van der Waals surface area contributed by atoms with Crippen LogP contribution < -0.4 is 4.74 Å². The van der Waals surface area contributed by atoms with Crippen LogP contribution in [0.3, 0.4) is 0 Å². The summed E-state index contributed by atoms with van der Waals surface area (Å²) >= 11 is 0. The molecule has 3 atom stereocenters. The van der Waals surface area contributed by atoms with Gasteiger partial charge in [0.05, 0.1) is 7.11 Å². The number of fused-ring (bicyclic) bond motifs is 1. The largest absolute Gasteiger partial charge is 0.497 e. The summed E-state index contributed by atoms with van der Waals surface area (Å²) in [5.74, 6) is 2.09. The van der Waals surface area contributed by atoms with Crippen molar-refractivity contribution in [2.24, 2.45) is 11.8 Å². The number of nitrogens with zero attached hydrogens (tertiary/aromatic N) is 1. The molecule has 2 aliphatic rings. The Morgan fingerprint density at radius 1 is 1.36 bits per heavy atom. The summed E-state index contributed by atoms with van der Waals surface area (Å²) < 4.78 is 5.42. The number of benzene rings is 1. The Labute approximate surface area is 133 Å². The summed E-state index contributed by atoms with van der Waals surface area (Å²) in [6.07, 6.45) is 4.39. The number of hydrogen-bond acceptors (Lipinski definition) is 2. The first-order valence-electron chi connectivity index (χ1n) is 8.54. The maximum absolute atomic E-state index is 12.9. The van der Waals surface area contributed by atoms with Crippen LogP contribution in [-0.2, 0) is 10.2 Å². The lowest BCUT2D eigenvalue weighted by atomic mass is 9.56. The number of carbonyl (C=O) groups excluding carboxylic acids is 1. The van der Waals surface area contributed by atoms with E-state index < -0.39 is 0 Å². The van der Waals surface area contributed by atoms with Crippen molar-refractivity contribution in [2.75, 3.05) is 20.2 Å². The topological polar surface area (TPSA) is 29.5 Å². The quantitative estimate of drug-likeness (QED) is 0.853. The van der Waals surface area contributed by atoms with Crippen LogP contribution in [-0.4, -0.2) is 31.0 Å². The van der Waals surface area contributed by atoms with Crippen molar-refractivity contribution in [2.45, 2.75) is 44.9 Å². The van der Waals surface area contributed by atoms with Gasteiger partial charge in [-0.25, -0.2) is 0 Å². The molecule has 1 aliphatic carbocycles. The molecule has 1 aromatic carbocycles. The van der Waals surface area contributed by atoms with E-state index in [1.54, 1.807) is 7.11 Å². The molecule has 22 heavy (non-hydrogen) atoms. The fourth-order valence-electron chi connectivity index (χ4n) is 4.60. The van der Waals surface area contributed by atoms with Gasteiger partial charge in [0.1, 0.15) is 5.75 Å². The predicted molar refractivity (Wildman–Crippen MR) is 88.0 cm³/mol. The van der Waals surface area contributed by atoms with Gasteiger partial charge in [-0.2, -0.15) is 0 Å². The number of ether oxygens (including phenoxy) is 1. The average molecular weight is 301 g/mol. The molecule has 120 valence electrons. The molecule has 0 aromatic heterocycles. The molecule has 1 heterocycles. The molecule has 1 saturated carbocycles. The van der Waals surface area contributed by atoms with E-state index in [4.69, 9.17) is 4.74 Å². The highest BCUT2D eigenvalue weighted by atomic mass is 16.5. The first kappa shape index (κ1) is 15.4. The maximum Gasteiger partial charge on any atom is 0.226 e. The van der Waals surface area contributed by atoms with E-state index in [2.05, 4.69) is 32.0 Å². The Bertz CT molecular complexity index is 556. The van der Waals surface area contributed by atoms with Crippen LogP contribution in [0, 0.1) is 11.8 Å².